The van der Waals surface area contributed by atoms with Crippen LogP contribution >= 0.6 is 0 Å². The molecule has 0 aliphatic rings. The minimum atomic E-state index is -3.81. The van der Waals surface area contributed by atoms with E-state index in [4.69, 9.17) is 14.2 Å². The minimum Gasteiger partial charge on any atom is -0.493 e. The Morgan fingerprint density at radius 1 is 1.00 bits per heavy atom. The van der Waals surface area contributed by atoms with Gasteiger partial charge in [0.2, 0.25) is 15.9 Å². The van der Waals surface area contributed by atoms with Gasteiger partial charge in [0.1, 0.15) is 6.54 Å². The van der Waals surface area contributed by atoms with E-state index in [0.717, 1.165) is 10.6 Å². The quantitative estimate of drug-likeness (QED) is 0.482. The number of nitrogens with zero attached hydrogens (tertiary/aromatic N) is 1. The van der Waals surface area contributed by atoms with Crippen molar-refractivity contribution in [2.45, 2.75) is 0 Å². The first-order valence-corrected chi connectivity index (χ1v) is 11.4. The van der Waals surface area contributed by atoms with E-state index in [1.54, 1.807) is 30.3 Å². The summed E-state index contributed by atoms with van der Waals surface area (Å²) in [4.78, 5) is 25.1. The molecule has 2 aromatic carbocycles. The molecule has 0 unspecified atom stereocenters. The molecule has 174 valence electrons. The third kappa shape index (κ3) is 6.59. The van der Waals surface area contributed by atoms with Crippen molar-refractivity contribution in [2.24, 2.45) is 0 Å². The maximum Gasteiger partial charge on any atom is 0.253 e. The molecular formula is C21H27N3O7S. The van der Waals surface area contributed by atoms with E-state index >= 15 is 0 Å². The van der Waals surface area contributed by atoms with E-state index in [9.17, 15) is 18.0 Å². The molecule has 0 aliphatic heterocycles. The molecular weight excluding hydrogens is 438 g/mol. The van der Waals surface area contributed by atoms with Crippen LogP contribution in [0.2, 0.25) is 0 Å². The highest BCUT2D eigenvalue weighted by molar-refractivity contribution is 7.92. The van der Waals surface area contributed by atoms with Gasteiger partial charge in [0.05, 0.1) is 44.0 Å². The van der Waals surface area contributed by atoms with Gasteiger partial charge in [-0.25, -0.2) is 8.42 Å². The predicted molar refractivity (Wildman–Crippen MR) is 121 cm³/mol. The Morgan fingerprint density at radius 3 is 2.31 bits per heavy atom. The first-order chi connectivity index (χ1) is 15.2. The molecule has 0 heterocycles. The maximum atomic E-state index is 12.7. The zero-order chi connectivity index (χ0) is 23.7. The Labute approximate surface area is 187 Å². The molecule has 2 N–H and O–H groups in total. The molecule has 0 atom stereocenters. The number of nitrogens with one attached hydrogen (secondary N) is 2. The lowest BCUT2D eigenvalue weighted by Crippen LogP contribution is -2.37. The second-order valence-corrected chi connectivity index (χ2v) is 8.56. The van der Waals surface area contributed by atoms with Crippen LogP contribution in [0.15, 0.2) is 42.5 Å². The Kier molecular flexibility index (Phi) is 8.85. The van der Waals surface area contributed by atoms with Gasteiger partial charge < -0.3 is 24.8 Å². The minimum absolute atomic E-state index is 0.228. The van der Waals surface area contributed by atoms with E-state index in [1.807, 2.05) is 0 Å². The van der Waals surface area contributed by atoms with Crippen molar-refractivity contribution in [1.29, 1.82) is 0 Å². The summed E-state index contributed by atoms with van der Waals surface area (Å²) in [5, 5.41) is 5.29. The summed E-state index contributed by atoms with van der Waals surface area (Å²) >= 11 is 0. The molecule has 11 heteroatoms. The van der Waals surface area contributed by atoms with Gasteiger partial charge in [-0.05, 0) is 24.3 Å². The van der Waals surface area contributed by atoms with E-state index in [-0.39, 0.29) is 16.9 Å². The topological polar surface area (TPSA) is 123 Å². The molecule has 2 aromatic rings. The fourth-order valence-corrected chi connectivity index (χ4v) is 3.70. The smallest absolute Gasteiger partial charge is 0.253 e. The van der Waals surface area contributed by atoms with Gasteiger partial charge in [-0.1, -0.05) is 12.1 Å². The summed E-state index contributed by atoms with van der Waals surface area (Å²) in [7, 11) is 0.597. The number of rotatable bonds is 11. The molecule has 0 fully saturated rings. The summed E-state index contributed by atoms with van der Waals surface area (Å²) in [6, 6.07) is 10.9. The summed E-state index contributed by atoms with van der Waals surface area (Å²) in [5.74, 6) is -0.278. The normalized spacial score (nSPS) is 10.9. The Bertz CT molecular complexity index is 1060. The van der Waals surface area contributed by atoms with Crippen LogP contribution in [0, 0.1) is 0 Å². The third-order valence-corrected chi connectivity index (χ3v) is 5.52. The average Bonchev–Trinajstić information content (AvgIpc) is 2.76. The van der Waals surface area contributed by atoms with Gasteiger partial charge in [0.25, 0.3) is 5.91 Å². The molecule has 0 saturated heterocycles. The number of anilines is 2. The van der Waals surface area contributed by atoms with Crippen LogP contribution in [0.1, 0.15) is 10.4 Å². The van der Waals surface area contributed by atoms with Gasteiger partial charge in [0, 0.05) is 19.7 Å². The predicted octanol–water partition coefficient (Wildman–Crippen LogP) is 1.48. The Balaban J connectivity index is 2.24. The number of amides is 2. The summed E-state index contributed by atoms with van der Waals surface area (Å²) in [5.41, 5.74) is 0.730. The number of sulfonamides is 1. The second kappa shape index (κ2) is 11.3. The lowest BCUT2D eigenvalue weighted by Gasteiger charge is -2.23. The van der Waals surface area contributed by atoms with Crippen LogP contribution in [0.3, 0.4) is 0 Å². The molecule has 0 aromatic heterocycles. The first-order valence-electron chi connectivity index (χ1n) is 9.57. The fourth-order valence-electron chi connectivity index (χ4n) is 2.85. The van der Waals surface area contributed by atoms with Crippen LogP contribution < -0.4 is 24.4 Å². The monoisotopic (exact) mass is 465 g/mol. The number of carbonyl (C=O) groups is 2. The van der Waals surface area contributed by atoms with E-state index in [1.165, 1.54) is 33.5 Å². The number of methoxy groups -OCH3 is 3. The highest BCUT2D eigenvalue weighted by Crippen LogP contribution is 2.32. The van der Waals surface area contributed by atoms with Crippen molar-refractivity contribution in [3.63, 3.8) is 0 Å². The third-order valence-electron chi connectivity index (χ3n) is 4.38. The first kappa shape index (κ1) is 25.0. The number of para-hydroxylation sites is 1. The lowest BCUT2D eigenvalue weighted by molar-refractivity contribution is -0.114. The Hall–Kier alpha value is -3.31. The zero-order valence-corrected chi connectivity index (χ0v) is 19.2. The van der Waals surface area contributed by atoms with Crippen LogP contribution in [0.25, 0.3) is 0 Å². The maximum absolute atomic E-state index is 12.7. The standard InChI is InChI=1S/C21H27N3O7S/c1-29-12-11-22-21(26)16-7-5-6-8-17(16)23-20(25)14-24(32(4,27)28)15-9-10-18(30-2)19(13-15)31-3/h5-10,13H,11-12,14H2,1-4H3,(H,22,26)(H,23,25). The molecule has 0 bridgehead atoms. The highest BCUT2D eigenvalue weighted by atomic mass is 32.2. The SMILES string of the molecule is COCCNC(=O)c1ccccc1NC(=O)CN(c1ccc(OC)c(OC)c1)S(C)(=O)=O. The van der Waals surface area contributed by atoms with Gasteiger partial charge in [-0.15, -0.1) is 0 Å². The molecule has 0 radical (unpaired) electrons. The van der Waals surface area contributed by atoms with Crippen molar-refractivity contribution in [3.8, 4) is 11.5 Å². The largest absolute Gasteiger partial charge is 0.493 e. The van der Waals surface area contributed by atoms with E-state index in [2.05, 4.69) is 10.6 Å². The highest BCUT2D eigenvalue weighted by Gasteiger charge is 2.23. The molecule has 2 rings (SSSR count). The van der Waals surface area contributed by atoms with Crippen molar-refractivity contribution in [1.82, 2.24) is 5.32 Å². The molecule has 2 amide bonds. The lowest BCUT2D eigenvalue weighted by atomic mass is 10.1. The van der Waals surface area contributed by atoms with Crippen molar-refractivity contribution in [3.05, 3.63) is 48.0 Å². The number of carbonyl (C=O) groups excluding carboxylic acids is 2. The summed E-state index contributed by atoms with van der Waals surface area (Å²) in [6.07, 6.45) is 0.994. The fraction of sp³-hybridized carbons (Fsp3) is 0.333. The Morgan fingerprint density at radius 2 is 1.69 bits per heavy atom. The molecule has 10 nitrogen and oxygen atoms in total. The number of hydrogen-bond donors (Lipinski definition) is 2. The van der Waals surface area contributed by atoms with E-state index < -0.39 is 28.4 Å². The van der Waals surface area contributed by atoms with Crippen molar-refractivity contribution < 1.29 is 32.2 Å². The number of benzene rings is 2. The summed E-state index contributed by atoms with van der Waals surface area (Å²) in [6.45, 7) is 0.141. The molecule has 0 aliphatic carbocycles. The molecule has 0 spiro atoms. The second-order valence-electron chi connectivity index (χ2n) is 6.65. The number of hydrogen-bond acceptors (Lipinski definition) is 7. The summed E-state index contributed by atoms with van der Waals surface area (Å²) < 4.78 is 41.0. The van der Waals surface area contributed by atoms with Crippen LogP contribution in [0.4, 0.5) is 11.4 Å². The van der Waals surface area contributed by atoms with Crippen LogP contribution in [-0.4, -0.2) is 67.5 Å². The van der Waals surface area contributed by atoms with E-state index in [0.29, 0.717) is 24.7 Å². The van der Waals surface area contributed by atoms with Crippen molar-refractivity contribution in [2.75, 3.05) is 56.9 Å². The van der Waals surface area contributed by atoms with Crippen LogP contribution in [-0.2, 0) is 19.6 Å². The van der Waals surface area contributed by atoms with Gasteiger partial charge in [0.15, 0.2) is 11.5 Å². The van der Waals surface area contributed by atoms with Gasteiger partial charge in [-0.3, -0.25) is 13.9 Å². The van der Waals surface area contributed by atoms with Crippen molar-refractivity contribution >= 4 is 33.2 Å². The number of ether oxygens (including phenoxy) is 3. The van der Waals surface area contributed by atoms with Crippen LogP contribution in [0.5, 0.6) is 11.5 Å². The van der Waals surface area contributed by atoms with Gasteiger partial charge >= 0.3 is 0 Å². The van der Waals surface area contributed by atoms with Gasteiger partial charge in [-0.2, -0.15) is 0 Å². The molecule has 0 saturated carbocycles. The molecule has 32 heavy (non-hydrogen) atoms. The zero-order valence-electron chi connectivity index (χ0n) is 18.4. The average molecular weight is 466 g/mol.